The quantitative estimate of drug-likeness (QED) is 0.119. The molecule has 0 aromatic heterocycles. The number of benzene rings is 8. The van der Waals surface area contributed by atoms with Gasteiger partial charge in [-0.1, -0.05) is 79.3 Å². The Morgan fingerprint density at radius 1 is 0.317 bits per heavy atom. The molecule has 8 aromatic carbocycles. The molecule has 0 atom stereocenters. The minimum atomic E-state index is 0.363. The largest absolute Gasteiger partial charge is 0.497 e. The van der Waals surface area contributed by atoms with Crippen LogP contribution in [-0.4, -0.2) is 56.9 Å². The molecular formula is C54H56O8S. The Bertz CT molecular complexity index is 2400. The van der Waals surface area contributed by atoms with Gasteiger partial charge in [0, 0.05) is 26.5 Å². The van der Waals surface area contributed by atoms with Crippen LogP contribution in [0.5, 0.6) is 46.0 Å². The van der Waals surface area contributed by atoms with Crippen LogP contribution in [-0.2, 0) is 0 Å². The molecule has 0 radical (unpaired) electrons. The molecule has 0 fully saturated rings. The van der Waals surface area contributed by atoms with Crippen molar-refractivity contribution in [3.05, 3.63) is 181 Å². The lowest BCUT2D eigenvalue weighted by Crippen LogP contribution is -1.96. The van der Waals surface area contributed by atoms with Crippen LogP contribution in [0.15, 0.2) is 180 Å². The van der Waals surface area contributed by atoms with Gasteiger partial charge < -0.3 is 37.9 Å². The second kappa shape index (κ2) is 24.5. The van der Waals surface area contributed by atoms with Gasteiger partial charge in [0.2, 0.25) is 0 Å². The summed E-state index contributed by atoms with van der Waals surface area (Å²) in [6, 6.07) is 56.3. The highest BCUT2D eigenvalue weighted by Gasteiger charge is 2.09. The van der Waals surface area contributed by atoms with E-state index in [9.17, 15) is 0 Å². The van der Waals surface area contributed by atoms with E-state index in [2.05, 4.69) is 31.2 Å². The van der Waals surface area contributed by atoms with Gasteiger partial charge >= 0.3 is 0 Å². The maximum Gasteiger partial charge on any atom is 0.126 e. The fraction of sp³-hybridized carbons (Fsp3) is 0.185. The first-order valence-corrected chi connectivity index (χ1v) is 21.0. The van der Waals surface area contributed by atoms with Crippen molar-refractivity contribution in [1.82, 2.24) is 0 Å². The van der Waals surface area contributed by atoms with Gasteiger partial charge in [0.05, 0.1) is 56.9 Å². The van der Waals surface area contributed by atoms with E-state index < -0.39 is 0 Å². The minimum absolute atomic E-state index is 0.363. The van der Waals surface area contributed by atoms with Crippen LogP contribution >= 0.6 is 11.8 Å². The first-order chi connectivity index (χ1) is 30.7. The summed E-state index contributed by atoms with van der Waals surface area (Å²) in [5, 5.41) is 4.47. The molecule has 326 valence electrons. The van der Waals surface area contributed by atoms with Crippen molar-refractivity contribution in [1.29, 1.82) is 0 Å². The van der Waals surface area contributed by atoms with Crippen LogP contribution in [0.1, 0.15) is 24.0 Å². The zero-order valence-corrected chi connectivity index (χ0v) is 38.2. The molecule has 8 nitrogen and oxygen atoms in total. The highest BCUT2D eigenvalue weighted by atomic mass is 32.2. The second-order valence-electron chi connectivity index (χ2n) is 13.8. The molecule has 0 amide bonds. The Kier molecular flexibility index (Phi) is 18.3. The summed E-state index contributed by atoms with van der Waals surface area (Å²) in [6.45, 7) is 2.20. The van der Waals surface area contributed by atoms with Gasteiger partial charge in [-0.3, -0.25) is 0 Å². The van der Waals surface area contributed by atoms with Crippen LogP contribution in [0.2, 0.25) is 0 Å². The fourth-order valence-electron chi connectivity index (χ4n) is 6.47. The van der Waals surface area contributed by atoms with Gasteiger partial charge in [0.15, 0.2) is 0 Å². The Hall–Kier alpha value is -6.97. The number of rotatable bonds is 12. The normalized spacial score (nSPS) is 10.2. The Morgan fingerprint density at radius 2 is 0.619 bits per heavy atom. The molecule has 9 heteroatoms. The van der Waals surface area contributed by atoms with E-state index in [0.717, 1.165) is 67.5 Å². The fourth-order valence-corrected chi connectivity index (χ4v) is 7.28. The second-order valence-corrected chi connectivity index (χ2v) is 15.0. The van der Waals surface area contributed by atoms with Gasteiger partial charge in [-0.2, -0.15) is 0 Å². The maximum absolute atomic E-state index is 5.27. The number of fused-ring (bicyclic) bond motifs is 2. The van der Waals surface area contributed by atoms with Crippen LogP contribution in [0.25, 0.3) is 21.5 Å². The van der Waals surface area contributed by atoms with Crippen LogP contribution in [0, 0.1) is 0 Å². The van der Waals surface area contributed by atoms with Crippen molar-refractivity contribution < 1.29 is 37.9 Å². The molecular weight excluding hydrogens is 809 g/mol. The van der Waals surface area contributed by atoms with E-state index in [1.165, 1.54) is 20.9 Å². The standard InChI is InChI=1S/C16H18O2.C14H14O2S.2C12H12O2/c1-12(13-4-8-15(17-2)9-5-13)14-6-10-16(18-3)11-7-14;1-15-11-3-7-13(8-4-11)17-14-9-5-12(16-2)6-10-14;1-13-11-7-3-6-10-9(11)5-4-8-12(10)14-2;1-13-11-5-3-10-8-12(14-2)6-4-9(10)7-11/h4-12H,1-3H3;3-10H,1-2H3;2*3-8H,1-2H3. The van der Waals surface area contributed by atoms with E-state index in [4.69, 9.17) is 37.9 Å². The third-order valence-electron chi connectivity index (χ3n) is 10.1. The number of methoxy groups -OCH3 is 8. The predicted molar refractivity (Wildman–Crippen MR) is 258 cm³/mol. The van der Waals surface area contributed by atoms with Crippen LogP contribution in [0.3, 0.4) is 0 Å². The lowest BCUT2D eigenvalue weighted by atomic mass is 9.93. The van der Waals surface area contributed by atoms with Gasteiger partial charge in [0.1, 0.15) is 46.0 Å². The lowest BCUT2D eigenvalue weighted by molar-refractivity contribution is 0.414. The van der Waals surface area contributed by atoms with Gasteiger partial charge in [-0.05, 0) is 131 Å². The van der Waals surface area contributed by atoms with Crippen molar-refractivity contribution in [2.45, 2.75) is 22.6 Å². The Balaban J connectivity index is 0.000000159. The molecule has 0 spiro atoms. The Labute approximate surface area is 376 Å². The minimum Gasteiger partial charge on any atom is -0.497 e. The summed E-state index contributed by atoms with van der Waals surface area (Å²) in [7, 11) is 13.4. The molecule has 0 aliphatic heterocycles. The third kappa shape index (κ3) is 13.5. The molecule has 0 N–H and O–H groups in total. The first-order valence-electron chi connectivity index (χ1n) is 20.2. The predicted octanol–water partition coefficient (Wildman–Crippen LogP) is 13.4. The number of hydrogen-bond donors (Lipinski definition) is 0. The highest BCUT2D eigenvalue weighted by molar-refractivity contribution is 7.99. The molecule has 0 aliphatic rings. The summed E-state index contributed by atoms with van der Waals surface area (Å²) in [6.07, 6.45) is 0. The van der Waals surface area contributed by atoms with Crippen molar-refractivity contribution in [3.8, 4) is 46.0 Å². The van der Waals surface area contributed by atoms with Crippen LogP contribution in [0.4, 0.5) is 0 Å². The smallest absolute Gasteiger partial charge is 0.126 e. The number of ether oxygens (including phenoxy) is 8. The molecule has 0 saturated carbocycles. The van der Waals surface area contributed by atoms with E-state index in [0.29, 0.717) is 5.92 Å². The molecule has 63 heavy (non-hydrogen) atoms. The van der Waals surface area contributed by atoms with E-state index in [-0.39, 0.29) is 0 Å². The van der Waals surface area contributed by atoms with Crippen molar-refractivity contribution in [2.75, 3.05) is 56.9 Å². The van der Waals surface area contributed by atoms with E-state index >= 15 is 0 Å². The molecule has 0 heterocycles. The van der Waals surface area contributed by atoms with Gasteiger partial charge in [-0.25, -0.2) is 0 Å². The average Bonchev–Trinajstić information content (AvgIpc) is 3.36. The number of hydrogen-bond acceptors (Lipinski definition) is 9. The molecule has 0 unspecified atom stereocenters. The van der Waals surface area contributed by atoms with Crippen molar-refractivity contribution >= 4 is 33.3 Å². The molecule has 0 bridgehead atoms. The van der Waals surface area contributed by atoms with Crippen molar-refractivity contribution in [2.24, 2.45) is 0 Å². The molecule has 0 aliphatic carbocycles. The monoisotopic (exact) mass is 864 g/mol. The molecule has 0 saturated heterocycles. The highest BCUT2D eigenvalue weighted by Crippen LogP contribution is 2.33. The third-order valence-corrected chi connectivity index (χ3v) is 11.1. The summed E-state index contributed by atoms with van der Waals surface area (Å²) in [4.78, 5) is 2.38. The van der Waals surface area contributed by atoms with E-state index in [1.54, 1.807) is 68.6 Å². The maximum atomic E-state index is 5.27. The first kappa shape index (κ1) is 47.1. The molecule has 8 aromatic rings. The van der Waals surface area contributed by atoms with Crippen molar-refractivity contribution in [3.63, 3.8) is 0 Å². The summed E-state index contributed by atoms with van der Waals surface area (Å²) >= 11 is 1.71. The zero-order chi connectivity index (χ0) is 45.0. The van der Waals surface area contributed by atoms with Gasteiger partial charge in [0.25, 0.3) is 0 Å². The summed E-state index contributed by atoms with van der Waals surface area (Å²) in [5.74, 6) is 7.41. The zero-order valence-electron chi connectivity index (χ0n) is 37.4. The topological polar surface area (TPSA) is 73.8 Å². The summed E-state index contributed by atoms with van der Waals surface area (Å²) < 4.78 is 41.4. The van der Waals surface area contributed by atoms with Crippen LogP contribution < -0.4 is 37.9 Å². The van der Waals surface area contributed by atoms with Gasteiger partial charge in [-0.15, -0.1) is 0 Å². The Morgan fingerprint density at radius 3 is 0.921 bits per heavy atom. The lowest BCUT2D eigenvalue weighted by Gasteiger charge is -2.13. The SMILES string of the molecule is COc1ccc(C(C)c2ccc(OC)cc2)cc1.COc1ccc(Sc2ccc(OC)cc2)cc1.COc1ccc2cc(OC)ccc2c1.COc1cccc2c(OC)cccc12. The summed E-state index contributed by atoms with van der Waals surface area (Å²) in [5.41, 5.74) is 2.56. The molecule has 8 rings (SSSR count). The van der Waals surface area contributed by atoms with E-state index in [1.807, 2.05) is 146 Å². The average molecular weight is 865 g/mol.